The predicted molar refractivity (Wildman–Crippen MR) is 81.4 cm³/mol. The van der Waals surface area contributed by atoms with E-state index in [9.17, 15) is 4.79 Å². The third kappa shape index (κ3) is 10.9. The molecule has 0 fully saturated rings. The minimum absolute atomic E-state index is 0.115. The number of hydrogen-bond donors (Lipinski definition) is 1. The average molecular weight is 304 g/mol. The highest BCUT2D eigenvalue weighted by molar-refractivity contribution is 6.82. The molecule has 0 aromatic carbocycles. The fraction of sp³-hybridized carbons (Fsp3) is 0.727. The van der Waals surface area contributed by atoms with Crippen LogP contribution in [0.4, 0.5) is 0 Å². The first kappa shape index (κ1) is 17.8. The molecule has 0 aliphatic rings. The van der Waals surface area contributed by atoms with Gasteiger partial charge in [-0.1, -0.05) is 6.58 Å². The summed E-state index contributed by atoms with van der Waals surface area (Å²) >= 11 is 0. The molecule has 0 atom stereocenters. The second-order valence-electron chi connectivity index (χ2n) is 5.46. The summed E-state index contributed by atoms with van der Waals surface area (Å²) in [6, 6.07) is 0.961. The molecule has 0 heterocycles. The zero-order valence-corrected chi connectivity index (χ0v) is 15.1. The van der Waals surface area contributed by atoms with Gasteiger partial charge in [-0.3, -0.25) is 4.79 Å². The zero-order valence-electron chi connectivity index (χ0n) is 12.1. The van der Waals surface area contributed by atoms with E-state index >= 15 is 0 Å². The van der Waals surface area contributed by atoms with E-state index in [2.05, 4.69) is 44.6 Å². The van der Waals surface area contributed by atoms with Crippen LogP contribution in [0, 0.1) is 0 Å². The minimum Gasteiger partial charge on any atom is -0.437 e. The molecule has 4 nitrogen and oxygen atoms in total. The molecule has 0 saturated carbocycles. The lowest BCUT2D eigenvalue weighted by molar-refractivity contribution is -0.116. The van der Waals surface area contributed by atoms with Gasteiger partial charge in [0.15, 0.2) is 8.32 Å². The molecule has 2 radical (unpaired) electrons. The fourth-order valence-electron chi connectivity index (χ4n) is 1.43. The van der Waals surface area contributed by atoms with Crippen molar-refractivity contribution in [2.45, 2.75) is 45.2 Å². The first-order valence-corrected chi connectivity index (χ1v) is 13.5. The SMILES string of the molecule is C=CC(=O)NCCC[Si]O[Si](C)(C)O[Si](C)(C)C. The quantitative estimate of drug-likeness (QED) is 0.404. The Labute approximate surface area is 115 Å². The van der Waals surface area contributed by atoms with Crippen molar-refractivity contribution >= 4 is 32.5 Å². The monoisotopic (exact) mass is 303 g/mol. The van der Waals surface area contributed by atoms with E-state index in [-0.39, 0.29) is 5.91 Å². The second-order valence-corrected chi connectivity index (χ2v) is 14.9. The minimum atomic E-state index is -1.96. The molecule has 18 heavy (non-hydrogen) atoms. The van der Waals surface area contributed by atoms with E-state index in [1.165, 1.54) is 6.08 Å². The Morgan fingerprint density at radius 2 is 1.94 bits per heavy atom. The number of hydrogen-bond acceptors (Lipinski definition) is 3. The van der Waals surface area contributed by atoms with E-state index < -0.39 is 16.9 Å². The molecule has 1 N–H and O–H groups in total. The molecule has 0 saturated heterocycles. The maximum absolute atomic E-state index is 10.9. The zero-order chi connectivity index (χ0) is 14.2. The Balaban J connectivity index is 3.65. The van der Waals surface area contributed by atoms with Crippen molar-refractivity contribution in [1.29, 1.82) is 0 Å². The third-order valence-corrected chi connectivity index (χ3v) is 9.33. The van der Waals surface area contributed by atoms with E-state index in [1.54, 1.807) is 0 Å². The largest absolute Gasteiger partial charge is 0.437 e. The van der Waals surface area contributed by atoms with E-state index in [4.69, 9.17) is 8.23 Å². The summed E-state index contributed by atoms with van der Waals surface area (Å²) in [6.07, 6.45) is 2.21. The Morgan fingerprint density at radius 1 is 1.33 bits per heavy atom. The molecule has 0 rings (SSSR count). The van der Waals surface area contributed by atoms with Crippen molar-refractivity contribution in [3.8, 4) is 0 Å². The van der Waals surface area contributed by atoms with E-state index in [1.807, 2.05) is 0 Å². The highest BCUT2D eigenvalue weighted by Crippen LogP contribution is 2.14. The molecular weight excluding hydrogens is 278 g/mol. The van der Waals surface area contributed by atoms with Gasteiger partial charge in [-0.25, -0.2) is 0 Å². The smallest absolute Gasteiger partial charge is 0.310 e. The van der Waals surface area contributed by atoms with Gasteiger partial charge in [-0.15, -0.1) is 0 Å². The molecule has 0 unspecified atom stereocenters. The first-order chi connectivity index (χ1) is 8.16. The maximum Gasteiger partial charge on any atom is 0.310 e. The highest BCUT2D eigenvalue weighted by atomic mass is 28.5. The van der Waals surface area contributed by atoms with Crippen LogP contribution in [-0.2, 0) is 13.0 Å². The molecule has 0 aliphatic heterocycles. The Kier molecular flexibility index (Phi) is 7.95. The Morgan fingerprint density at radius 3 is 2.44 bits per heavy atom. The van der Waals surface area contributed by atoms with Crippen molar-refractivity contribution < 1.29 is 13.0 Å². The summed E-state index contributed by atoms with van der Waals surface area (Å²) in [4.78, 5) is 10.9. The maximum atomic E-state index is 10.9. The molecule has 104 valence electrons. The second kappa shape index (κ2) is 8.05. The highest BCUT2D eigenvalue weighted by Gasteiger charge is 2.30. The standard InChI is InChI=1S/C11H25NO3Si3/c1-7-11(13)12-9-8-10-16-14-18(5,6)15-17(2,3)4/h7H,1,8-10H2,2-6H3,(H,12,13). The van der Waals surface area contributed by atoms with Gasteiger partial charge in [0.05, 0.1) is 0 Å². The van der Waals surface area contributed by atoms with Gasteiger partial charge in [-0.2, -0.15) is 0 Å². The Bertz CT molecular complexity index is 277. The van der Waals surface area contributed by atoms with Crippen LogP contribution in [0.2, 0.25) is 38.8 Å². The fourth-order valence-corrected chi connectivity index (χ4v) is 9.99. The van der Waals surface area contributed by atoms with E-state index in [0.717, 1.165) is 12.5 Å². The summed E-state index contributed by atoms with van der Waals surface area (Å²) in [5.74, 6) is -0.115. The van der Waals surface area contributed by atoms with Crippen LogP contribution in [0.15, 0.2) is 12.7 Å². The van der Waals surface area contributed by atoms with Crippen LogP contribution in [0.3, 0.4) is 0 Å². The summed E-state index contributed by atoms with van der Waals surface area (Å²) < 4.78 is 12.0. The number of rotatable bonds is 9. The number of amides is 1. The van der Waals surface area contributed by atoms with Crippen LogP contribution < -0.4 is 5.32 Å². The number of carbonyl (C=O) groups is 1. The lowest BCUT2D eigenvalue weighted by Gasteiger charge is -2.30. The molecule has 0 aromatic heterocycles. The van der Waals surface area contributed by atoms with Crippen molar-refractivity contribution in [3.05, 3.63) is 12.7 Å². The average Bonchev–Trinajstić information content (AvgIpc) is 2.19. The number of carbonyl (C=O) groups excluding carboxylic acids is 1. The summed E-state index contributed by atoms with van der Waals surface area (Å²) in [5.41, 5.74) is 0. The van der Waals surface area contributed by atoms with Crippen molar-refractivity contribution in [2.24, 2.45) is 0 Å². The topological polar surface area (TPSA) is 47.6 Å². The normalized spacial score (nSPS) is 12.3. The molecule has 0 aliphatic carbocycles. The lowest BCUT2D eigenvalue weighted by atomic mass is 10.4. The van der Waals surface area contributed by atoms with Crippen molar-refractivity contribution in [3.63, 3.8) is 0 Å². The Hall–Kier alpha value is -0.219. The third-order valence-electron chi connectivity index (χ3n) is 1.81. The molecule has 1 amide bonds. The van der Waals surface area contributed by atoms with Crippen LogP contribution in [0.25, 0.3) is 0 Å². The predicted octanol–water partition coefficient (Wildman–Crippen LogP) is 2.29. The van der Waals surface area contributed by atoms with Crippen LogP contribution in [0.1, 0.15) is 6.42 Å². The molecular formula is C11H25NO3Si3. The van der Waals surface area contributed by atoms with Crippen LogP contribution >= 0.6 is 0 Å². The lowest BCUT2D eigenvalue weighted by Crippen LogP contribution is -2.45. The van der Waals surface area contributed by atoms with Crippen molar-refractivity contribution in [1.82, 2.24) is 5.32 Å². The first-order valence-electron chi connectivity index (χ1n) is 6.17. The van der Waals surface area contributed by atoms with Gasteiger partial charge in [-0.05, 0) is 51.3 Å². The van der Waals surface area contributed by atoms with E-state index in [0.29, 0.717) is 16.3 Å². The van der Waals surface area contributed by atoms with Gasteiger partial charge < -0.3 is 13.5 Å². The molecule has 0 aromatic rings. The molecule has 0 bridgehead atoms. The summed E-state index contributed by atoms with van der Waals surface area (Å²) in [7, 11) is -3.02. The summed E-state index contributed by atoms with van der Waals surface area (Å²) in [6.45, 7) is 14.8. The van der Waals surface area contributed by atoms with Gasteiger partial charge in [0.1, 0.15) is 0 Å². The van der Waals surface area contributed by atoms with Gasteiger partial charge >= 0.3 is 8.56 Å². The van der Waals surface area contributed by atoms with Gasteiger partial charge in [0.25, 0.3) is 0 Å². The number of nitrogens with one attached hydrogen (secondary N) is 1. The van der Waals surface area contributed by atoms with Crippen molar-refractivity contribution in [2.75, 3.05) is 6.54 Å². The molecule has 0 spiro atoms. The van der Waals surface area contributed by atoms with Crippen LogP contribution in [0.5, 0.6) is 0 Å². The van der Waals surface area contributed by atoms with Gasteiger partial charge in [0, 0.05) is 6.54 Å². The van der Waals surface area contributed by atoms with Gasteiger partial charge in [0.2, 0.25) is 15.7 Å². The molecule has 7 heteroatoms. The van der Waals surface area contributed by atoms with Crippen LogP contribution in [-0.4, -0.2) is 39.1 Å². The summed E-state index contributed by atoms with van der Waals surface area (Å²) in [5, 5.41) is 2.75.